The van der Waals surface area contributed by atoms with Gasteiger partial charge in [-0.3, -0.25) is 0 Å². The van der Waals surface area contributed by atoms with Crippen LogP contribution in [0, 0.1) is 0 Å². The number of alkyl halides is 4. The van der Waals surface area contributed by atoms with Gasteiger partial charge in [0.1, 0.15) is 0 Å². The van der Waals surface area contributed by atoms with Gasteiger partial charge in [0.15, 0.2) is 0 Å². The van der Waals surface area contributed by atoms with Crippen LogP contribution in [-0.2, 0) is 0 Å². The predicted molar refractivity (Wildman–Crippen MR) is 61.9 cm³/mol. The summed E-state index contributed by atoms with van der Waals surface area (Å²) in [4.78, 5) is 0. The second-order valence-electron chi connectivity index (χ2n) is 3.74. The van der Waals surface area contributed by atoms with Crippen LogP contribution in [0.2, 0.25) is 0 Å². The van der Waals surface area contributed by atoms with Gasteiger partial charge in [0, 0.05) is 0 Å². The van der Waals surface area contributed by atoms with Crippen molar-refractivity contribution < 1.29 is 42.4 Å². The van der Waals surface area contributed by atoms with Gasteiger partial charge in [0.2, 0.25) is 0 Å². The monoisotopic (exact) mass is 439 g/mol. The van der Waals surface area contributed by atoms with Crippen LogP contribution >= 0.6 is 0 Å². The third kappa shape index (κ3) is 10.3. The van der Waals surface area contributed by atoms with Crippen molar-refractivity contribution in [1.82, 2.24) is 5.32 Å². The zero-order valence-corrected chi connectivity index (χ0v) is 15.0. The van der Waals surface area contributed by atoms with Gasteiger partial charge in [-0.2, -0.15) is 0 Å². The van der Waals surface area contributed by atoms with E-state index in [1.807, 2.05) is 0 Å². The third-order valence-corrected chi connectivity index (χ3v) is 9.74. The first-order valence-electron chi connectivity index (χ1n) is 6.07. The average Bonchev–Trinajstić information content (AvgIpc) is 2.26. The molecule has 0 aliphatic rings. The molecule has 0 aliphatic heterocycles. The van der Waals surface area contributed by atoms with Gasteiger partial charge in [-0.05, 0) is 0 Å². The summed E-state index contributed by atoms with van der Waals surface area (Å²) in [6.07, 6.45) is 5.84. The van der Waals surface area contributed by atoms with Crippen molar-refractivity contribution in [3.8, 4) is 0 Å². The van der Waals surface area contributed by atoms with E-state index in [1.165, 1.54) is 30.1 Å². The van der Waals surface area contributed by atoms with Crippen molar-refractivity contribution in [2.24, 2.45) is 0 Å². The Bertz CT molecular complexity index is 131. The normalized spacial score (nSPS) is 15.7. The van der Waals surface area contributed by atoms with E-state index in [2.05, 4.69) is 33.1 Å². The van der Waals surface area contributed by atoms with Crippen LogP contribution in [0.1, 0.15) is 46.5 Å². The van der Waals surface area contributed by atoms with Crippen molar-refractivity contribution in [3.63, 3.8) is 0 Å². The Balaban J connectivity index is 3.43. The standard InChI is InChI=1S/C12H27I2N/c1-5-7-9-14-12(6-2)8-10-13-11(3)15-4/h11-12,15H,5-10H2,1-4H3/q-2/t11?,12-/m0/s1. The van der Waals surface area contributed by atoms with Gasteiger partial charge >= 0.3 is 118 Å². The minimum absolute atomic E-state index is 0.409. The Kier molecular flexibility index (Phi) is 13.0. The molecule has 0 amide bonds. The molecule has 0 spiro atoms. The van der Waals surface area contributed by atoms with E-state index in [1.54, 1.807) is 4.43 Å². The maximum atomic E-state index is 3.37. The molecule has 0 aromatic rings. The van der Waals surface area contributed by atoms with Crippen LogP contribution in [0.5, 0.6) is 0 Å². The Morgan fingerprint density at radius 3 is 2.40 bits per heavy atom. The van der Waals surface area contributed by atoms with E-state index in [-0.39, 0.29) is 0 Å². The van der Waals surface area contributed by atoms with Gasteiger partial charge in [-0.1, -0.05) is 0 Å². The van der Waals surface area contributed by atoms with Crippen molar-refractivity contribution >= 4 is 0 Å². The first kappa shape index (κ1) is 16.4. The van der Waals surface area contributed by atoms with Crippen LogP contribution in [0.3, 0.4) is 0 Å². The molecule has 1 unspecified atom stereocenters. The van der Waals surface area contributed by atoms with E-state index < -0.39 is 0 Å². The van der Waals surface area contributed by atoms with Crippen LogP contribution in [0.15, 0.2) is 0 Å². The van der Waals surface area contributed by atoms with E-state index >= 15 is 0 Å². The molecule has 2 atom stereocenters. The summed E-state index contributed by atoms with van der Waals surface area (Å²) >= 11 is 0.922. The molecular formula is C12H27I2N-2. The second-order valence-corrected chi connectivity index (χ2v) is 11.3. The Hall–Kier alpha value is 1.42. The van der Waals surface area contributed by atoms with Crippen LogP contribution < -0.4 is 47.7 Å². The molecule has 0 heterocycles. The van der Waals surface area contributed by atoms with Gasteiger partial charge < -0.3 is 0 Å². The number of hydrogen-bond acceptors (Lipinski definition) is 1. The molecule has 96 valence electrons. The number of unbranched alkanes of at least 4 members (excludes halogenated alkanes) is 1. The fraction of sp³-hybridized carbons (Fsp3) is 1.00. The summed E-state index contributed by atoms with van der Waals surface area (Å²) in [6.45, 7) is 7.03. The number of hydrogen-bond donors (Lipinski definition) is 1. The summed E-state index contributed by atoms with van der Waals surface area (Å²) in [5.74, 6) is 0. The maximum absolute atomic E-state index is 3.37. The fourth-order valence-corrected chi connectivity index (χ4v) is 8.31. The molecule has 3 heteroatoms. The molecule has 0 aromatic heterocycles. The molecule has 0 saturated heterocycles. The first-order valence-corrected chi connectivity index (χ1v) is 11.6. The van der Waals surface area contributed by atoms with Crippen molar-refractivity contribution in [1.29, 1.82) is 0 Å². The van der Waals surface area contributed by atoms with Crippen molar-refractivity contribution in [3.05, 3.63) is 0 Å². The predicted octanol–water partition coefficient (Wildman–Crippen LogP) is -3.30. The van der Waals surface area contributed by atoms with Gasteiger partial charge in [-0.15, -0.1) is 0 Å². The van der Waals surface area contributed by atoms with Crippen molar-refractivity contribution in [2.75, 3.05) is 15.9 Å². The summed E-state index contributed by atoms with van der Waals surface area (Å²) in [6, 6.07) is 0. The van der Waals surface area contributed by atoms with Crippen LogP contribution in [0.4, 0.5) is 0 Å². The molecule has 0 rings (SSSR count). The zero-order chi connectivity index (χ0) is 11.5. The summed E-state index contributed by atoms with van der Waals surface area (Å²) in [5.41, 5.74) is 0. The Labute approximate surface area is 117 Å². The van der Waals surface area contributed by atoms with Gasteiger partial charge in [0.05, 0.1) is 0 Å². The molecule has 15 heavy (non-hydrogen) atoms. The van der Waals surface area contributed by atoms with Gasteiger partial charge in [0.25, 0.3) is 0 Å². The fourth-order valence-electron chi connectivity index (χ4n) is 1.18. The van der Waals surface area contributed by atoms with E-state index in [9.17, 15) is 0 Å². The first-order chi connectivity index (χ1) is 7.24. The summed E-state index contributed by atoms with van der Waals surface area (Å²) in [7, 11) is 2.09. The quantitative estimate of drug-likeness (QED) is 0.163. The SMILES string of the molecule is CCCC[I-][C@@H](CC)CC[I-]C(C)NC. The number of rotatable bonds is 10. The van der Waals surface area contributed by atoms with E-state index in [0.717, 1.165) is 7.97 Å². The molecule has 1 N–H and O–H groups in total. The van der Waals surface area contributed by atoms with E-state index in [4.69, 9.17) is 0 Å². The number of nitrogens with one attached hydrogen (secondary N) is 1. The summed E-state index contributed by atoms with van der Waals surface area (Å²) in [5, 5.41) is 3.37. The molecule has 1 nitrogen and oxygen atoms in total. The molecule has 0 bridgehead atoms. The summed E-state index contributed by atoms with van der Waals surface area (Å²) < 4.78 is 5.04. The molecule has 0 aromatic carbocycles. The Morgan fingerprint density at radius 2 is 1.87 bits per heavy atom. The van der Waals surface area contributed by atoms with Gasteiger partial charge in [-0.25, -0.2) is 0 Å². The minimum atomic E-state index is 0.409. The van der Waals surface area contributed by atoms with Crippen LogP contribution in [-0.4, -0.2) is 23.9 Å². The number of halogens is 2. The second kappa shape index (κ2) is 11.9. The Morgan fingerprint density at radius 1 is 1.13 bits per heavy atom. The zero-order valence-electron chi connectivity index (χ0n) is 10.7. The van der Waals surface area contributed by atoms with E-state index in [0.29, 0.717) is 42.4 Å². The molecule has 0 fully saturated rings. The average molecular weight is 439 g/mol. The topological polar surface area (TPSA) is 12.0 Å². The molecule has 0 saturated carbocycles. The molecule has 0 aliphatic carbocycles. The third-order valence-electron chi connectivity index (χ3n) is 2.42. The molecule has 0 radical (unpaired) electrons. The van der Waals surface area contributed by atoms with Crippen molar-refractivity contribution in [2.45, 2.75) is 54.4 Å². The van der Waals surface area contributed by atoms with Crippen LogP contribution in [0.25, 0.3) is 0 Å². The molecular weight excluding hydrogens is 412 g/mol.